The van der Waals surface area contributed by atoms with Crippen LogP contribution in [0.15, 0.2) is 18.2 Å². The highest BCUT2D eigenvalue weighted by Gasteiger charge is 2.52. The van der Waals surface area contributed by atoms with Crippen LogP contribution in [0, 0.1) is 0 Å². The molecular formula is C18H27BClNO2. The molecule has 2 aliphatic heterocycles. The minimum atomic E-state index is -0.392. The maximum Gasteiger partial charge on any atom is 0.496 e. The quantitative estimate of drug-likeness (QED) is 0.787. The highest BCUT2D eigenvalue weighted by Crippen LogP contribution is 2.37. The lowest BCUT2D eigenvalue weighted by atomic mass is 9.78. The van der Waals surface area contributed by atoms with Crippen LogP contribution in [0.5, 0.6) is 0 Å². The molecule has 0 N–H and O–H groups in total. The van der Waals surface area contributed by atoms with Crippen LogP contribution < -0.4 is 5.46 Å². The van der Waals surface area contributed by atoms with Gasteiger partial charge in [0.1, 0.15) is 0 Å². The Morgan fingerprint density at radius 2 is 1.65 bits per heavy atom. The highest BCUT2D eigenvalue weighted by molar-refractivity contribution is 6.65. The summed E-state index contributed by atoms with van der Waals surface area (Å²) in [5.74, 6) is 0. The standard InChI is InChI=1S/C18H27BClNO2/c1-17(2)18(3,4)23-19(22-17)15-9-8-14(12-16(15)20)13-21-10-6-5-7-11-21/h8-9,12H,5-7,10-11,13H2,1-4H3. The maximum absolute atomic E-state index is 6.53. The number of nitrogens with zero attached hydrogens (tertiary/aromatic N) is 1. The van der Waals surface area contributed by atoms with Crippen LogP contribution in [0.4, 0.5) is 0 Å². The smallest absolute Gasteiger partial charge is 0.399 e. The molecule has 23 heavy (non-hydrogen) atoms. The Kier molecular flexibility index (Phi) is 4.81. The average molecular weight is 336 g/mol. The van der Waals surface area contributed by atoms with E-state index in [2.05, 4.69) is 50.8 Å². The third kappa shape index (κ3) is 3.61. The monoisotopic (exact) mass is 335 g/mol. The van der Waals surface area contributed by atoms with Crippen molar-refractivity contribution in [2.45, 2.75) is 64.7 Å². The van der Waals surface area contributed by atoms with Crippen molar-refractivity contribution in [3.8, 4) is 0 Å². The molecule has 3 nitrogen and oxygen atoms in total. The van der Waals surface area contributed by atoms with E-state index in [4.69, 9.17) is 20.9 Å². The molecule has 0 amide bonds. The summed E-state index contributed by atoms with van der Waals surface area (Å²) in [6.07, 6.45) is 3.97. The second-order valence-corrected chi connectivity index (χ2v) is 8.19. The van der Waals surface area contributed by atoms with Crippen LogP contribution in [-0.2, 0) is 15.9 Å². The molecule has 2 saturated heterocycles. The van der Waals surface area contributed by atoms with Crippen molar-refractivity contribution in [1.82, 2.24) is 4.90 Å². The van der Waals surface area contributed by atoms with Gasteiger partial charge in [-0.3, -0.25) is 4.90 Å². The molecule has 0 aromatic heterocycles. The third-order valence-electron chi connectivity index (χ3n) is 5.43. The first kappa shape index (κ1) is 17.3. The zero-order chi connectivity index (χ0) is 16.7. The van der Waals surface area contributed by atoms with Crippen molar-refractivity contribution in [3.63, 3.8) is 0 Å². The summed E-state index contributed by atoms with van der Waals surface area (Å²) < 4.78 is 12.2. The van der Waals surface area contributed by atoms with E-state index in [-0.39, 0.29) is 11.2 Å². The fraction of sp³-hybridized carbons (Fsp3) is 0.667. The van der Waals surface area contributed by atoms with Gasteiger partial charge in [0.2, 0.25) is 0 Å². The van der Waals surface area contributed by atoms with E-state index in [1.54, 1.807) is 0 Å². The van der Waals surface area contributed by atoms with Gasteiger partial charge in [0.05, 0.1) is 11.2 Å². The third-order valence-corrected chi connectivity index (χ3v) is 5.75. The van der Waals surface area contributed by atoms with Crippen molar-refractivity contribution >= 4 is 24.2 Å². The van der Waals surface area contributed by atoms with Crippen molar-refractivity contribution in [1.29, 1.82) is 0 Å². The molecule has 5 heteroatoms. The predicted octanol–water partition coefficient (Wildman–Crippen LogP) is 3.63. The van der Waals surface area contributed by atoms with Crippen LogP contribution in [0.2, 0.25) is 5.02 Å². The van der Waals surface area contributed by atoms with Crippen molar-refractivity contribution in [2.24, 2.45) is 0 Å². The minimum Gasteiger partial charge on any atom is -0.399 e. The van der Waals surface area contributed by atoms with Gasteiger partial charge in [-0.25, -0.2) is 0 Å². The summed E-state index contributed by atoms with van der Waals surface area (Å²) in [7, 11) is -0.392. The Morgan fingerprint density at radius 3 is 2.22 bits per heavy atom. The summed E-state index contributed by atoms with van der Waals surface area (Å²) >= 11 is 6.53. The second kappa shape index (κ2) is 6.40. The highest BCUT2D eigenvalue weighted by atomic mass is 35.5. The van der Waals surface area contributed by atoms with Gasteiger partial charge in [-0.2, -0.15) is 0 Å². The number of piperidine rings is 1. The van der Waals surface area contributed by atoms with Crippen LogP contribution in [0.25, 0.3) is 0 Å². The van der Waals surface area contributed by atoms with E-state index < -0.39 is 7.12 Å². The SMILES string of the molecule is CC1(C)OB(c2ccc(CN3CCCCC3)cc2Cl)OC1(C)C. The average Bonchev–Trinajstić information content (AvgIpc) is 2.68. The normalized spacial score (nSPS) is 24.1. The van der Waals surface area contributed by atoms with Crippen LogP contribution in [0.1, 0.15) is 52.5 Å². The molecule has 2 heterocycles. The van der Waals surface area contributed by atoms with Crippen LogP contribution in [0.3, 0.4) is 0 Å². The lowest BCUT2D eigenvalue weighted by molar-refractivity contribution is 0.00578. The number of rotatable bonds is 3. The molecule has 3 rings (SSSR count). The lowest BCUT2D eigenvalue weighted by Crippen LogP contribution is -2.41. The summed E-state index contributed by atoms with van der Waals surface area (Å²) in [4.78, 5) is 2.50. The van der Waals surface area contributed by atoms with Crippen molar-refractivity contribution < 1.29 is 9.31 Å². The molecule has 0 atom stereocenters. The number of halogens is 1. The van der Waals surface area contributed by atoms with E-state index in [0.717, 1.165) is 17.0 Å². The Morgan fingerprint density at radius 1 is 1.04 bits per heavy atom. The molecule has 1 aromatic rings. The maximum atomic E-state index is 6.53. The summed E-state index contributed by atoms with van der Waals surface area (Å²) in [6.45, 7) is 11.6. The molecule has 0 aliphatic carbocycles. The Hall–Kier alpha value is -0.545. The molecule has 0 spiro atoms. The van der Waals surface area contributed by atoms with Crippen LogP contribution in [-0.4, -0.2) is 36.3 Å². The molecule has 0 unspecified atom stereocenters. The fourth-order valence-corrected chi connectivity index (χ4v) is 3.50. The molecule has 2 aliphatic rings. The number of hydrogen-bond acceptors (Lipinski definition) is 3. The molecular weight excluding hydrogens is 308 g/mol. The van der Waals surface area contributed by atoms with Crippen molar-refractivity contribution in [2.75, 3.05) is 13.1 Å². The van der Waals surface area contributed by atoms with Gasteiger partial charge in [-0.15, -0.1) is 0 Å². The van der Waals surface area contributed by atoms with E-state index in [1.165, 1.54) is 37.9 Å². The summed E-state index contributed by atoms with van der Waals surface area (Å²) in [6, 6.07) is 6.28. The Balaban J connectivity index is 1.72. The van der Waals surface area contributed by atoms with Crippen LogP contribution >= 0.6 is 11.6 Å². The van der Waals surface area contributed by atoms with Gasteiger partial charge >= 0.3 is 7.12 Å². The predicted molar refractivity (Wildman–Crippen MR) is 96.3 cm³/mol. The zero-order valence-corrected chi connectivity index (χ0v) is 15.4. The lowest BCUT2D eigenvalue weighted by Gasteiger charge is -2.32. The summed E-state index contributed by atoms with van der Waals surface area (Å²) in [5.41, 5.74) is 1.51. The van der Waals surface area contributed by atoms with E-state index in [0.29, 0.717) is 0 Å². The van der Waals surface area contributed by atoms with E-state index in [9.17, 15) is 0 Å². The molecule has 0 radical (unpaired) electrons. The van der Waals surface area contributed by atoms with Crippen molar-refractivity contribution in [3.05, 3.63) is 28.8 Å². The first-order valence-electron chi connectivity index (χ1n) is 8.65. The zero-order valence-electron chi connectivity index (χ0n) is 14.7. The van der Waals surface area contributed by atoms with Gasteiger partial charge in [0.25, 0.3) is 0 Å². The first-order chi connectivity index (χ1) is 10.8. The second-order valence-electron chi connectivity index (χ2n) is 7.78. The number of hydrogen-bond donors (Lipinski definition) is 0. The van der Waals surface area contributed by atoms with Gasteiger partial charge in [0.15, 0.2) is 0 Å². The first-order valence-corrected chi connectivity index (χ1v) is 9.03. The molecule has 1 aromatic carbocycles. The topological polar surface area (TPSA) is 21.7 Å². The molecule has 126 valence electrons. The van der Waals surface area contributed by atoms with Gasteiger partial charge < -0.3 is 9.31 Å². The van der Waals surface area contributed by atoms with Gasteiger partial charge in [0, 0.05) is 17.0 Å². The summed E-state index contributed by atoms with van der Waals surface area (Å²) in [5, 5.41) is 0.734. The Bertz CT molecular complexity index is 554. The minimum absolute atomic E-state index is 0.340. The number of likely N-dealkylation sites (tertiary alicyclic amines) is 1. The van der Waals surface area contributed by atoms with E-state index >= 15 is 0 Å². The molecule has 2 fully saturated rings. The van der Waals surface area contributed by atoms with E-state index in [1.807, 2.05) is 0 Å². The van der Waals surface area contributed by atoms with Gasteiger partial charge in [-0.1, -0.05) is 30.2 Å². The molecule has 0 saturated carbocycles. The fourth-order valence-electron chi connectivity index (χ4n) is 3.21. The largest absolute Gasteiger partial charge is 0.496 e. The number of benzene rings is 1. The molecule has 0 bridgehead atoms. The Labute approximate surface area is 145 Å². The van der Waals surface area contributed by atoms with Gasteiger partial charge in [-0.05, 0) is 65.3 Å².